The molecule has 2 atom stereocenters. The molecule has 1 heterocycles. The molecule has 1 aromatic rings. The van der Waals surface area contributed by atoms with Crippen LogP contribution in [0.5, 0.6) is 5.75 Å². The third-order valence-electron chi connectivity index (χ3n) is 3.26. The molecule has 0 aromatic carbocycles. The average molecular weight is 237 g/mol. The second-order valence-corrected chi connectivity index (χ2v) is 4.44. The first-order valence-electron chi connectivity index (χ1n) is 6.07. The molecule has 0 saturated heterocycles. The van der Waals surface area contributed by atoms with Gasteiger partial charge in [0.05, 0.1) is 25.6 Å². The van der Waals surface area contributed by atoms with Crippen LogP contribution in [-0.2, 0) is 0 Å². The van der Waals surface area contributed by atoms with Crippen molar-refractivity contribution in [2.45, 2.75) is 31.8 Å². The number of aliphatic hydroxyl groups is 1. The third kappa shape index (κ3) is 3.30. The van der Waals surface area contributed by atoms with Crippen LogP contribution in [0, 0.1) is 5.92 Å². The van der Waals surface area contributed by atoms with Gasteiger partial charge in [0.2, 0.25) is 5.95 Å². The van der Waals surface area contributed by atoms with Crippen molar-refractivity contribution in [3.8, 4) is 5.75 Å². The van der Waals surface area contributed by atoms with Crippen LogP contribution in [0.15, 0.2) is 12.4 Å². The maximum atomic E-state index is 9.83. The summed E-state index contributed by atoms with van der Waals surface area (Å²) in [6.45, 7) is 0.730. The summed E-state index contributed by atoms with van der Waals surface area (Å²) in [5.41, 5.74) is 0. The molecule has 0 radical (unpaired) electrons. The molecule has 0 bridgehead atoms. The fourth-order valence-corrected chi connectivity index (χ4v) is 2.16. The quantitative estimate of drug-likeness (QED) is 0.829. The molecule has 94 valence electrons. The highest BCUT2D eigenvalue weighted by molar-refractivity contribution is 5.27. The number of hydrogen-bond donors (Lipinski definition) is 2. The van der Waals surface area contributed by atoms with Gasteiger partial charge in [0.1, 0.15) is 0 Å². The Morgan fingerprint density at radius 2 is 2.06 bits per heavy atom. The van der Waals surface area contributed by atoms with Crippen molar-refractivity contribution in [1.29, 1.82) is 0 Å². The number of hydrogen-bond acceptors (Lipinski definition) is 5. The Hall–Kier alpha value is -1.36. The van der Waals surface area contributed by atoms with E-state index in [0.29, 0.717) is 17.6 Å². The van der Waals surface area contributed by atoms with Gasteiger partial charge in [-0.1, -0.05) is 12.8 Å². The largest absolute Gasteiger partial charge is 0.494 e. The summed E-state index contributed by atoms with van der Waals surface area (Å²) in [7, 11) is 1.59. The first-order chi connectivity index (χ1) is 8.29. The molecule has 1 aromatic heterocycles. The third-order valence-corrected chi connectivity index (χ3v) is 3.26. The molecule has 1 fully saturated rings. The zero-order valence-corrected chi connectivity index (χ0v) is 10.1. The number of aliphatic hydroxyl groups excluding tert-OH is 1. The lowest BCUT2D eigenvalue weighted by molar-refractivity contribution is 0.0762. The van der Waals surface area contributed by atoms with E-state index in [-0.39, 0.29) is 6.10 Å². The van der Waals surface area contributed by atoms with Crippen molar-refractivity contribution in [3.05, 3.63) is 12.4 Å². The lowest BCUT2D eigenvalue weighted by atomic mass is 9.86. The standard InChI is InChI=1S/C12H19N3O2/c1-17-10-7-14-12(15-8-10)13-6-9-4-2-3-5-11(9)16/h7-9,11,16H,2-6H2,1H3,(H,13,14,15). The number of methoxy groups -OCH3 is 1. The normalized spacial score (nSPS) is 24.4. The topological polar surface area (TPSA) is 67.3 Å². The van der Waals surface area contributed by atoms with E-state index in [0.717, 1.165) is 25.8 Å². The minimum Gasteiger partial charge on any atom is -0.494 e. The van der Waals surface area contributed by atoms with Gasteiger partial charge >= 0.3 is 0 Å². The first-order valence-corrected chi connectivity index (χ1v) is 6.07. The molecular formula is C12H19N3O2. The highest BCUT2D eigenvalue weighted by Gasteiger charge is 2.22. The van der Waals surface area contributed by atoms with Crippen LogP contribution in [0.1, 0.15) is 25.7 Å². The van der Waals surface area contributed by atoms with E-state index < -0.39 is 0 Å². The van der Waals surface area contributed by atoms with Crippen LogP contribution in [-0.4, -0.2) is 34.8 Å². The highest BCUT2D eigenvalue weighted by Crippen LogP contribution is 2.24. The Balaban J connectivity index is 1.84. The summed E-state index contributed by atoms with van der Waals surface area (Å²) in [6, 6.07) is 0. The van der Waals surface area contributed by atoms with Crippen LogP contribution in [0.25, 0.3) is 0 Å². The summed E-state index contributed by atoms with van der Waals surface area (Å²) in [4.78, 5) is 8.26. The molecule has 5 heteroatoms. The maximum Gasteiger partial charge on any atom is 0.222 e. The van der Waals surface area contributed by atoms with Gasteiger partial charge in [-0.05, 0) is 12.8 Å². The van der Waals surface area contributed by atoms with Crippen molar-refractivity contribution in [2.24, 2.45) is 5.92 Å². The Morgan fingerprint density at radius 1 is 1.35 bits per heavy atom. The molecule has 1 saturated carbocycles. The maximum absolute atomic E-state index is 9.83. The zero-order chi connectivity index (χ0) is 12.1. The minimum atomic E-state index is -0.186. The zero-order valence-electron chi connectivity index (χ0n) is 10.1. The smallest absolute Gasteiger partial charge is 0.222 e. The second kappa shape index (κ2) is 5.82. The predicted octanol–water partition coefficient (Wildman–Crippen LogP) is 1.45. The van der Waals surface area contributed by atoms with Crippen LogP contribution >= 0.6 is 0 Å². The Labute approximate surface area is 101 Å². The van der Waals surface area contributed by atoms with Gasteiger partial charge in [0, 0.05) is 12.5 Å². The molecular weight excluding hydrogens is 218 g/mol. The van der Waals surface area contributed by atoms with Crippen LogP contribution in [0.2, 0.25) is 0 Å². The van der Waals surface area contributed by atoms with Gasteiger partial charge in [-0.15, -0.1) is 0 Å². The van der Waals surface area contributed by atoms with Crippen molar-refractivity contribution >= 4 is 5.95 Å². The first kappa shape index (κ1) is 12.1. The number of nitrogens with zero attached hydrogens (tertiary/aromatic N) is 2. The Morgan fingerprint density at radius 3 is 2.71 bits per heavy atom. The van der Waals surface area contributed by atoms with Gasteiger partial charge < -0.3 is 15.2 Å². The van der Waals surface area contributed by atoms with Crippen LogP contribution < -0.4 is 10.1 Å². The minimum absolute atomic E-state index is 0.186. The van der Waals surface area contributed by atoms with E-state index in [4.69, 9.17) is 4.74 Å². The summed E-state index contributed by atoms with van der Waals surface area (Å²) < 4.78 is 4.99. The molecule has 2 rings (SSSR count). The van der Waals surface area contributed by atoms with Gasteiger partial charge in [-0.3, -0.25) is 0 Å². The predicted molar refractivity (Wildman–Crippen MR) is 65.0 cm³/mol. The van der Waals surface area contributed by atoms with E-state index in [2.05, 4.69) is 15.3 Å². The van der Waals surface area contributed by atoms with Crippen molar-refractivity contribution < 1.29 is 9.84 Å². The number of aromatic nitrogens is 2. The molecule has 0 amide bonds. The van der Waals surface area contributed by atoms with Crippen molar-refractivity contribution in [2.75, 3.05) is 19.0 Å². The van der Waals surface area contributed by atoms with E-state index in [9.17, 15) is 5.11 Å². The van der Waals surface area contributed by atoms with Crippen LogP contribution in [0.4, 0.5) is 5.95 Å². The lowest BCUT2D eigenvalue weighted by Gasteiger charge is -2.27. The molecule has 2 N–H and O–H groups in total. The lowest BCUT2D eigenvalue weighted by Crippen LogP contribution is -2.30. The van der Waals surface area contributed by atoms with Crippen molar-refractivity contribution in [3.63, 3.8) is 0 Å². The van der Waals surface area contributed by atoms with E-state index in [1.807, 2.05) is 0 Å². The van der Waals surface area contributed by atoms with Gasteiger partial charge in [0.15, 0.2) is 5.75 Å². The SMILES string of the molecule is COc1cnc(NCC2CCCCC2O)nc1. The Kier molecular flexibility index (Phi) is 4.14. The number of ether oxygens (including phenoxy) is 1. The molecule has 0 aliphatic heterocycles. The highest BCUT2D eigenvalue weighted by atomic mass is 16.5. The van der Waals surface area contributed by atoms with E-state index in [1.54, 1.807) is 19.5 Å². The summed E-state index contributed by atoms with van der Waals surface area (Å²) in [5.74, 6) is 1.55. The second-order valence-electron chi connectivity index (χ2n) is 4.44. The summed E-state index contributed by atoms with van der Waals surface area (Å²) in [6.07, 6.45) is 7.40. The van der Waals surface area contributed by atoms with Crippen molar-refractivity contribution in [1.82, 2.24) is 9.97 Å². The fraction of sp³-hybridized carbons (Fsp3) is 0.667. The van der Waals surface area contributed by atoms with Crippen LogP contribution in [0.3, 0.4) is 0 Å². The summed E-state index contributed by atoms with van der Waals surface area (Å²) >= 11 is 0. The van der Waals surface area contributed by atoms with Gasteiger partial charge in [-0.25, -0.2) is 9.97 Å². The van der Waals surface area contributed by atoms with Gasteiger partial charge in [-0.2, -0.15) is 0 Å². The molecule has 0 spiro atoms. The van der Waals surface area contributed by atoms with Gasteiger partial charge in [0.25, 0.3) is 0 Å². The molecule has 17 heavy (non-hydrogen) atoms. The fourth-order valence-electron chi connectivity index (χ4n) is 2.16. The molecule has 2 unspecified atom stereocenters. The molecule has 5 nitrogen and oxygen atoms in total. The number of anilines is 1. The molecule has 1 aliphatic carbocycles. The summed E-state index contributed by atoms with van der Waals surface area (Å²) in [5, 5.41) is 13.0. The van der Waals surface area contributed by atoms with E-state index in [1.165, 1.54) is 6.42 Å². The average Bonchev–Trinajstić information content (AvgIpc) is 2.38. The van der Waals surface area contributed by atoms with E-state index >= 15 is 0 Å². The number of rotatable bonds is 4. The molecule has 1 aliphatic rings. The monoisotopic (exact) mass is 237 g/mol. The number of nitrogens with one attached hydrogen (secondary N) is 1. The Bertz CT molecular complexity index is 342.